The zero-order chi connectivity index (χ0) is 13.1. The summed E-state index contributed by atoms with van der Waals surface area (Å²) in [7, 11) is 5.94. The number of nitrogens with zero attached hydrogens (tertiary/aromatic N) is 1. The van der Waals surface area contributed by atoms with Crippen molar-refractivity contribution >= 4 is 11.6 Å². The van der Waals surface area contributed by atoms with Crippen molar-refractivity contribution < 1.29 is 14.2 Å². The molecule has 0 radical (unpaired) electrons. The van der Waals surface area contributed by atoms with Crippen molar-refractivity contribution in [3.8, 4) is 0 Å². The van der Waals surface area contributed by atoms with Crippen molar-refractivity contribution in [2.75, 3.05) is 27.7 Å². The second-order valence-electron chi connectivity index (χ2n) is 5.74. The van der Waals surface area contributed by atoms with E-state index in [1.54, 1.807) is 0 Å². The molecule has 0 aromatic heterocycles. The van der Waals surface area contributed by atoms with Crippen LogP contribution in [-0.2, 0) is 9.57 Å². The molecule has 0 aliphatic heterocycles. The lowest BCUT2D eigenvalue weighted by Crippen LogP contribution is -2.41. The SMILES string of the molecule is CC(C)(CO[N+](C)(C)C)OC1=CCC(Cl)C=C1. The number of hydrogen-bond acceptors (Lipinski definition) is 2. The van der Waals surface area contributed by atoms with Gasteiger partial charge in [-0.05, 0) is 32.4 Å². The van der Waals surface area contributed by atoms with E-state index in [2.05, 4.69) is 0 Å². The normalized spacial score (nSPS) is 21.3. The highest BCUT2D eigenvalue weighted by Crippen LogP contribution is 2.22. The van der Waals surface area contributed by atoms with Gasteiger partial charge in [-0.1, -0.05) is 6.08 Å². The summed E-state index contributed by atoms with van der Waals surface area (Å²) in [5, 5.41) is 0.0907. The van der Waals surface area contributed by atoms with Crippen LogP contribution in [0.3, 0.4) is 0 Å². The molecule has 1 rings (SSSR count). The van der Waals surface area contributed by atoms with E-state index in [4.69, 9.17) is 21.2 Å². The summed E-state index contributed by atoms with van der Waals surface area (Å²) in [5.74, 6) is 0.872. The lowest BCUT2D eigenvalue weighted by atomic mass is 10.1. The van der Waals surface area contributed by atoms with Gasteiger partial charge in [0, 0.05) is 0 Å². The Morgan fingerprint density at radius 3 is 2.53 bits per heavy atom. The van der Waals surface area contributed by atoms with Gasteiger partial charge in [0.2, 0.25) is 0 Å². The lowest BCUT2D eigenvalue weighted by molar-refractivity contribution is -1.06. The first kappa shape index (κ1) is 14.6. The first-order valence-corrected chi connectivity index (χ1v) is 6.29. The van der Waals surface area contributed by atoms with Crippen LogP contribution < -0.4 is 0 Å². The Balaban J connectivity index is 2.47. The van der Waals surface area contributed by atoms with E-state index < -0.39 is 0 Å². The highest BCUT2D eigenvalue weighted by atomic mass is 35.5. The molecule has 0 bridgehead atoms. The first-order chi connectivity index (χ1) is 7.68. The molecule has 0 saturated heterocycles. The van der Waals surface area contributed by atoms with E-state index in [9.17, 15) is 0 Å². The van der Waals surface area contributed by atoms with Crippen LogP contribution in [0, 0.1) is 0 Å². The first-order valence-electron chi connectivity index (χ1n) is 5.85. The van der Waals surface area contributed by atoms with Crippen LogP contribution in [0.15, 0.2) is 24.0 Å². The van der Waals surface area contributed by atoms with E-state index in [1.165, 1.54) is 0 Å². The molecule has 1 aliphatic rings. The van der Waals surface area contributed by atoms with Crippen molar-refractivity contribution in [3.63, 3.8) is 0 Å². The van der Waals surface area contributed by atoms with Crippen molar-refractivity contribution in [1.29, 1.82) is 0 Å². The summed E-state index contributed by atoms with van der Waals surface area (Å²) in [6.07, 6.45) is 6.72. The van der Waals surface area contributed by atoms with Crippen molar-refractivity contribution in [3.05, 3.63) is 24.0 Å². The molecule has 3 nitrogen and oxygen atoms in total. The Bertz CT molecular complexity index is 316. The Hall–Kier alpha value is -0.510. The van der Waals surface area contributed by atoms with Crippen LogP contribution in [0.25, 0.3) is 0 Å². The molecule has 1 aliphatic carbocycles. The second-order valence-corrected chi connectivity index (χ2v) is 6.30. The fraction of sp³-hybridized carbons (Fsp3) is 0.692. The average molecular weight is 261 g/mol. The zero-order valence-electron chi connectivity index (χ0n) is 11.4. The molecule has 4 heteroatoms. The predicted molar refractivity (Wildman–Crippen MR) is 70.6 cm³/mol. The Morgan fingerprint density at radius 1 is 1.41 bits per heavy atom. The minimum Gasteiger partial charge on any atom is -0.486 e. The molecule has 0 saturated carbocycles. The van der Waals surface area contributed by atoms with Gasteiger partial charge in [0.25, 0.3) is 0 Å². The Morgan fingerprint density at radius 2 is 2.06 bits per heavy atom. The fourth-order valence-corrected chi connectivity index (χ4v) is 1.51. The third kappa shape index (κ3) is 6.10. The maximum absolute atomic E-state index is 5.96. The van der Waals surface area contributed by atoms with E-state index in [1.807, 2.05) is 53.2 Å². The standard InChI is InChI=1S/C13H23ClNO2/c1-13(2,10-16-15(3,4)5)17-12-8-6-11(14)7-9-12/h6,8-9,11H,7,10H2,1-5H3/q+1. The molecule has 0 amide bonds. The van der Waals surface area contributed by atoms with E-state index >= 15 is 0 Å². The van der Waals surface area contributed by atoms with Gasteiger partial charge < -0.3 is 4.74 Å². The minimum absolute atomic E-state index is 0.0907. The van der Waals surface area contributed by atoms with Crippen molar-refractivity contribution in [2.45, 2.75) is 31.2 Å². The molecular formula is C13H23ClNO2+. The van der Waals surface area contributed by atoms with Gasteiger partial charge in [-0.2, -0.15) is 9.48 Å². The molecular weight excluding hydrogens is 238 g/mol. The van der Waals surface area contributed by atoms with E-state index in [0.717, 1.165) is 12.2 Å². The zero-order valence-corrected chi connectivity index (χ0v) is 12.1. The number of alkyl halides is 1. The van der Waals surface area contributed by atoms with Crippen LogP contribution in [0.4, 0.5) is 0 Å². The molecule has 1 atom stereocenters. The van der Waals surface area contributed by atoms with Gasteiger partial charge in [-0.3, -0.25) is 0 Å². The quantitative estimate of drug-likeness (QED) is 0.430. The maximum Gasteiger partial charge on any atom is 0.145 e. The molecule has 0 N–H and O–H groups in total. The number of rotatable bonds is 5. The van der Waals surface area contributed by atoms with Crippen LogP contribution in [-0.4, -0.2) is 43.4 Å². The third-order valence-corrected chi connectivity index (χ3v) is 2.53. The number of quaternary nitrogens is 1. The van der Waals surface area contributed by atoms with Gasteiger partial charge in [0.1, 0.15) is 18.0 Å². The summed E-state index contributed by atoms with van der Waals surface area (Å²) in [6, 6.07) is 0. The number of halogens is 1. The highest BCUT2D eigenvalue weighted by molar-refractivity contribution is 6.22. The molecule has 0 aromatic carbocycles. The van der Waals surface area contributed by atoms with Crippen molar-refractivity contribution in [2.24, 2.45) is 0 Å². The highest BCUT2D eigenvalue weighted by Gasteiger charge is 2.25. The summed E-state index contributed by atoms with van der Waals surface area (Å²) < 4.78 is 6.37. The van der Waals surface area contributed by atoms with Gasteiger partial charge in [-0.15, -0.1) is 11.6 Å². The topological polar surface area (TPSA) is 18.5 Å². The Labute approximate surface area is 109 Å². The average Bonchev–Trinajstić information content (AvgIpc) is 2.18. The van der Waals surface area contributed by atoms with E-state index in [0.29, 0.717) is 11.3 Å². The Kier molecular flexibility index (Phi) is 4.64. The molecule has 0 aromatic rings. The molecule has 17 heavy (non-hydrogen) atoms. The van der Waals surface area contributed by atoms with Gasteiger partial charge in [0.05, 0.1) is 26.5 Å². The smallest absolute Gasteiger partial charge is 0.145 e. The number of ether oxygens (including phenoxy) is 1. The molecule has 0 heterocycles. The van der Waals surface area contributed by atoms with Gasteiger partial charge >= 0.3 is 0 Å². The van der Waals surface area contributed by atoms with Crippen LogP contribution >= 0.6 is 11.6 Å². The van der Waals surface area contributed by atoms with E-state index in [-0.39, 0.29) is 11.0 Å². The summed E-state index contributed by atoms with van der Waals surface area (Å²) in [6.45, 7) is 4.57. The largest absolute Gasteiger partial charge is 0.486 e. The molecule has 0 spiro atoms. The summed E-state index contributed by atoms with van der Waals surface area (Å²) >= 11 is 5.96. The van der Waals surface area contributed by atoms with Crippen LogP contribution in [0.1, 0.15) is 20.3 Å². The second kappa shape index (κ2) is 5.42. The van der Waals surface area contributed by atoms with Crippen LogP contribution in [0.2, 0.25) is 0 Å². The number of hydroxylamine groups is 3. The molecule has 98 valence electrons. The summed E-state index contributed by atoms with van der Waals surface area (Å²) in [4.78, 5) is 5.69. The third-order valence-electron chi connectivity index (χ3n) is 2.21. The number of hydrogen-bond donors (Lipinski definition) is 0. The van der Waals surface area contributed by atoms with Gasteiger partial charge in [0.15, 0.2) is 0 Å². The van der Waals surface area contributed by atoms with Crippen LogP contribution in [0.5, 0.6) is 0 Å². The lowest BCUT2D eigenvalue weighted by Gasteiger charge is -2.30. The maximum atomic E-state index is 5.96. The predicted octanol–water partition coefficient (Wildman–Crippen LogP) is 2.87. The number of allylic oxidation sites excluding steroid dienone is 3. The monoisotopic (exact) mass is 260 g/mol. The molecule has 0 fully saturated rings. The van der Waals surface area contributed by atoms with Crippen molar-refractivity contribution in [1.82, 2.24) is 0 Å². The fourth-order valence-electron chi connectivity index (χ4n) is 1.35. The minimum atomic E-state index is -0.346. The summed E-state index contributed by atoms with van der Waals surface area (Å²) in [5.41, 5.74) is -0.346. The van der Waals surface area contributed by atoms with Gasteiger partial charge in [-0.25, -0.2) is 0 Å². The molecule has 1 unspecified atom stereocenters.